The van der Waals surface area contributed by atoms with Crippen LogP contribution in [0.15, 0.2) is 53.5 Å². The molecule has 0 aliphatic rings. The van der Waals surface area contributed by atoms with Crippen LogP contribution in [-0.4, -0.2) is 43.2 Å². The van der Waals surface area contributed by atoms with Crippen LogP contribution >= 0.6 is 35.6 Å². The smallest absolute Gasteiger partial charge is 0.194 e. The van der Waals surface area contributed by atoms with Crippen LogP contribution < -0.4 is 10.1 Å². The van der Waals surface area contributed by atoms with E-state index in [-0.39, 0.29) is 30.5 Å². The summed E-state index contributed by atoms with van der Waals surface area (Å²) < 4.78 is 5.19. The first-order valence-electron chi connectivity index (χ1n) is 8.59. The van der Waals surface area contributed by atoms with Gasteiger partial charge in [0.1, 0.15) is 5.75 Å². The van der Waals surface area contributed by atoms with Crippen molar-refractivity contribution < 1.29 is 9.84 Å². The number of hydrogen-bond donors (Lipinski definition) is 2. The monoisotopic (exact) mass is 503 g/mol. The van der Waals surface area contributed by atoms with Gasteiger partial charge in [0, 0.05) is 25.2 Å². The molecule has 5 nitrogen and oxygen atoms in total. The van der Waals surface area contributed by atoms with Crippen LogP contribution in [0.5, 0.6) is 5.75 Å². The maximum Gasteiger partial charge on any atom is 0.194 e. The SMILES string of the molecule is CCNC(=NCC(O)c1ccc(Cl)cc1)N(C)Cc1ccc(OC)cc1.I. The standard InChI is InChI=1S/C20H26ClN3O2.HI/c1-4-22-20(23-13-19(25)16-7-9-17(21)10-8-16)24(2)14-15-5-11-18(26-3)12-6-15;/h5-12,19,25H,4,13-14H2,1-3H3,(H,22,23);1H. The summed E-state index contributed by atoms with van der Waals surface area (Å²) >= 11 is 5.89. The van der Waals surface area contributed by atoms with Crippen molar-refractivity contribution in [2.24, 2.45) is 4.99 Å². The van der Waals surface area contributed by atoms with E-state index in [2.05, 4.69) is 10.3 Å². The van der Waals surface area contributed by atoms with Crippen molar-refractivity contribution in [1.82, 2.24) is 10.2 Å². The number of halogens is 2. The summed E-state index contributed by atoms with van der Waals surface area (Å²) in [5, 5.41) is 14.3. The highest BCUT2D eigenvalue weighted by Gasteiger charge is 2.10. The fourth-order valence-corrected chi connectivity index (χ4v) is 2.64. The van der Waals surface area contributed by atoms with Crippen molar-refractivity contribution in [3.05, 3.63) is 64.7 Å². The van der Waals surface area contributed by atoms with Crippen LogP contribution in [0, 0.1) is 0 Å². The number of aliphatic imine (C=N–C) groups is 1. The lowest BCUT2D eigenvalue weighted by Crippen LogP contribution is -2.38. The molecule has 0 saturated heterocycles. The van der Waals surface area contributed by atoms with Gasteiger partial charge in [0.05, 0.1) is 19.8 Å². The Hall–Kier alpha value is -1.51. The van der Waals surface area contributed by atoms with E-state index in [9.17, 15) is 5.11 Å². The van der Waals surface area contributed by atoms with E-state index in [0.717, 1.165) is 29.4 Å². The van der Waals surface area contributed by atoms with Gasteiger partial charge in [0.25, 0.3) is 0 Å². The molecule has 2 aromatic carbocycles. The largest absolute Gasteiger partial charge is 0.497 e. The van der Waals surface area contributed by atoms with Gasteiger partial charge in [-0.25, -0.2) is 0 Å². The van der Waals surface area contributed by atoms with Gasteiger partial charge in [-0.1, -0.05) is 35.9 Å². The van der Waals surface area contributed by atoms with Crippen molar-refractivity contribution >= 4 is 41.5 Å². The molecule has 2 N–H and O–H groups in total. The Morgan fingerprint density at radius 2 is 1.81 bits per heavy atom. The highest BCUT2D eigenvalue weighted by Crippen LogP contribution is 2.17. The van der Waals surface area contributed by atoms with E-state index in [0.29, 0.717) is 11.6 Å². The molecule has 1 unspecified atom stereocenters. The van der Waals surface area contributed by atoms with Crippen LogP contribution in [0.4, 0.5) is 0 Å². The maximum absolute atomic E-state index is 10.3. The topological polar surface area (TPSA) is 57.1 Å². The van der Waals surface area contributed by atoms with E-state index >= 15 is 0 Å². The van der Waals surface area contributed by atoms with E-state index < -0.39 is 6.10 Å². The van der Waals surface area contributed by atoms with Gasteiger partial charge in [-0.15, -0.1) is 24.0 Å². The number of aliphatic hydroxyl groups is 1. The van der Waals surface area contributed by atoms with Gasteiger partial charge in [-0.3, -0.25) is 4.99 Å². The Bertz CT molecular complexity index is 708. The number of ether oxygens (including phenoxy) is 1. The van der Waals surface area contributed by atoms with Gasteiger partial charge >= 0.3 is 0 Å². The lowest BCUT2D eigenvalue weighted by Gasteiger charge is -2.23. The highest BCUT2D eigenvalue weighted by atomic mass is 127. The van der Waals surface area contributed by atoms with Crippen molar-refractivity contribution in [2.75, 3.05) is 27.2 Å². The zero-order valence-corrected chi connectivity index (χ0v) is 18.9. The molecule has 0 bridgehead atoms. The summed E-state index contributed by atoms with van der Waals surface area (Å²) in [6.45, 7) is 3.75. The zero-order valence-electron chi connectivity index (χ0n) is 15.9. The molecule has 0 fully saturated rings. The lowest BCUT2D eigenvalue weighted by atomic mass is 10.1. The molecule has 0 aromatic heterocycles. The second-order valence-electron chi connectivity index (χ2n) is 5.97. The molecule has 0 amide bonds. The van der Waals surface area contributed by atoms with Gasteiger partial charge in [-0.05, 0) is 42.3 Å². The van der Waals surface area contributed by atoms with Gasteiger partial charge in [0.15, 0.2) is 5.96 Å². The van der Waals surface area contributed by atoms with Crippen molar-refractivity contribution in [1.29, 1.82) is 0 Å². The molecule has 0 aliphatic carbocycles. The highest BCUT2D eigenvalue weighted by molar-refractivity contribution is 14.0. The van der Waals surface area contributed by atoms with Crippen molar-refractivity contribution in [2.45, 2.75) is 19.6 Å². The molecule has 148 valence electrons. The second-order valence-corrected chi connectivity index (χ2v) is 6.40. The molecular weight excluding hydrogens is 477 g/mol. The van der Waals surface area contributed by atoms with Gasteiger partial charge in [-0.2, -0.15) is 0 Å². The average Bonchev–Trinajstić information content (AvgIpc) is 2.66. The van der Waals surface area contributed by atoms with E-state index in [1.54, 1.807) is 19.2 Å². The first kappa shape index (κ1) is 23.5. The number of rotatable bonds is 7. The Labute approximate surface area is 183 Å². The Kier molecular flexibility index (Phi) is 10.5. The van der Waals surface area contributed by atoms with Crippen LogP contribution in [0.3, 0.4) is 0 Å². The minimum Gasteiger partial charge on any atom is -0.497 e. The zero-order chi connectivity index (χ0) is 18.9. The molecule has 7 heteroatoms. The molecule has 1 atom stereocenters. The number of nitrogens with zero attached hydrogens (tertiary/aromatic N) is 2. The molecular formula is C20H27ClIN3O2. The predicted molar refractivity (Wildman–Crippen MR) is 122 cm³/mol. The third-order valence-electron chi connectivity index (χ3n) is 3.94. The molecule has 0 saturated carbocycles. The van der Waals surface area contributed by atoms with Crippen molar-refractivity contribution in [3.8, 4) is 5.75 Å². The minimum absolute atomic E-state index is 0. The second kappa shape index (κ2) is 12.0. The number of aliphatic hydroxyl groups excluding tert-OH is 1. The van der Waals surface area contributed by atoms with Crippen LogP contribution in [0.25, 0.3) is 0 Å². The van der Waals surface area contributed by atoms with Crippen LogP contribution in [0.1, 0.15) is 24.2 Å². The Balaban J connectivity index is 0.00000364. The van der Waals surface area contributed by atoms with E-state index in [4.69, 9.17) is 16.3 Å². The molecule has 0 spiro atoms. The average molecular weight is 504 g/mol. The summed E-state index contributed by atoms with van der Waals surface area (Å²) in [4.78, 5) is 6.59. The molecule has 0 heterocycles. The lowest BCUT2D eigenvalue weighted by molar-refractivity contribution is 0.186. The number of hydrogen-bond acceptors (Lipinski definition) is 3. The first-order chi connectivity index (χ1) is 12.5. The third-order valence-corrected chi connectivity index (χ3v) is 4.20. The summed E-state index contributed by atoms with van der Waals surface area (Å²) in [5.74, 6) is 1.58. The summed E-state index contributed by atoms with van der Waals surface area (Å²) in [7, 11) is 3.63. The quantitative estimate of drug-likeness (QED) is 0.339. The summed E-state index contributed by atoms with van der Waals surface area (Å²) in [6.07, 6.45) is -0.671. The Morgan fingerprint density at radius 1 is 1.19 bits per heavy atom. The van der Waals surface area contributed by atoms with E-state index in [1.807, 2.05) is 55.3 Å². The third kappa shape index (κ3) is 7.56. The van der Waals surface area contributed by atoms with Gasteiger partial charge < -0.3 is 20.1 Å². The fourth-order valence-electron chi connectivity index (χ4n) is 2.51. The Morgan fingerprint density at radius 3 is 2.37 bits per heavy atom. The van der Waals surface area contributed by atoms with Crippen molar-refractivity contribution in [3.63, 3.8) is 0 Å². The van der Waals surface area contributed by atoms with Crippen LogP contribution in [0.2, 0.25) is 5.02 Å². The van der Waals surface area contributed by atoms with E-state index in [1.165, 1.54) is 0 Å². The maximum atomic E-state index is 10.3. The fraction of sp³-hybridized carbons (Fsp3) is 0.350. The summed E-state index contributed by atoms with van der Waals surface area (Å²) in [5.41, 5.74) is 1.95. The molecule has 2 rings (SSSR count). The number of benzene rings is 2. The number of methoxy groups -OCH3 is 1. The molecule has 0 aliphatic heterocycles. The minimum atomic E-state index is -0.671. The normalized spacial score (nSPS) is 12.1. The van der Waals surface area contributed by atoms with Crippen LogP contribution in [-0.2, 0) is 6.54 Å². The summed E-state index contributed by atoms with van der Waals surface area (Å²) in [6, 6.07) is 15.1. The molecule has 27 heavy (non-hydrogen) atoms. The first-order valence-corrected chi connectivity index (χ1v) is 8.97. The van der Waals surface area contributed by atoms with Gasteiger partial charge in [0.2, 0.25) is 0 Å². The predicted octanol–water partition coefficient (Wildman–Crippen LogP) is 4.10. The molecule has 2 aromatic rings. The molecule has 0 radical (unpaired) electrons. The number of nitrogens with one attached hydrogen (secondary N) is 1. The number of guanidine groups is 1.